The van der Waals surface area contributed by atoms with Gasteiger partial charge in [-0.05, 0) is 43.5 Å². The second-order valence-electron chi connectivity index (χ2n) is 8.36. The summed E-state index contributed by atoms with van der Waals surface area (Å²) in [4.78, 5) is 25.2. The van der Waals surface area contributed by atoms with Gasteiger partial charge in [-0.15, -0.1) is 0 Å². The van der Waals surface area contributed by atoms with Gasteiger partial charge in [0.15, 0.2) is 0 Å². The van der Waals surface area contributed by atoms with Crippen molar-refractivity contribution in [3.63, 3.8) is 0 Å². The van der Waals surface area contributed by atoms with Crippen LogP contribution in [0.1, 0.15) is 36.4 Å². The number of nitrogens with one attached hydrogen (secondary N) is 1. The normalized spacial score (nSPS) is 12.3. The maximum Gasteiger partial charge on any atom is 0.245 e. The van der Waals surface area contributed by atoms with E-state index in [0.29, 0.717) is 34.2 Å². The molecule has 1 aromatic heterocycles. The van der Waals surface area contributed by atoms with E-state index in [0.717, 1.165) is 17.8 Å². The summed E-state index contributed by atoms with van der Waals surface area (Å²) in [5, 5.41) is 21.0. The molecule has 10 nitrogen and oxygen atoms in total. The number of methoxy groups -OCH3 is 1. The van der Waals surface area contributed by atoms with Crippen LogP contribution in [0.25, 0.3) is 5.70 Å². The predicted octanol–water partition coefficient (Wildman–Crippen LogP) is 1.75. The Morgan fingerprint density at radius 1 is 1.29 bits per heavy atom. The number of rotatable bonds is 12. The Kier molecular flexibility index (Phi) is 10.7. The van der Waals surface area contributed by atoms with Crippen LogP contribution >= 0.6 is 0 Å². The average Bonchev–Trinajstić information content (AvgIpc) is 2.83. The van der Waals surface area contributed by atoms with Crippen LogP contribution in [-0.4, -0.2) is 60.0 Å². The number of hydrogen-bond acceptors (Lipinski definition) is 9. The lowest BCUT2D eigenvalue weighted by atomic mass is 10.1. The molecule has 1 atom stereocenters. The molecule has 0 aliphatic heterocycles. The van der Waals surface area contributed by atoms with Crippen LogP contribution in [-0.2, 0) is 16.1 Å². The summed E-state index contributed by atoms with van der Waals surface area (Å²) in [5.74, 6) is 6.49. The van der Waals surface area contributed by atoms with Crippen LogP contribution in [0.4, 0.5) is 0 Å². The summed E-state index contributed by atoms with van der Waals surface area (Å²) in [5.41, 5.74) is 3.39. The largest absolute Gasteiger partial charge is 0.496 e. The van der Waals surface area contributed by atoms with Crippen LogP contribution in [0.3, 0.4) is 0 Å². The van der Waals surface area contributed by atoms with Gasteiger partial charge in [0, 0.05) is 35.1 Å². The number of hydrogen-bond donors (Lipinski definition) is 4. The van der Waals surface area contributed by atoms with Crippen molar-refractivity contribution in [3.8, 4) is 11.5 Å². The number of carbonyl (C=O) groups is 1. The van der Waals surface area contributed by atoms with E-state index in [4.69, 9.17) is 25.3 Å². The SMILES string of the molecule is C=C(N=C(ON)c1cc(C)nc(CC(C)C)c1)c1ccc(OCC(O)CNC(=O)CO)cc1OC. The highest BCUT2D eigenvalue weighted by atomic mass is 16.6. The quantitative estimate of drug-likeness (QED) is 0.201. The topological polar surface area (TPSA) is 149 Å². The van der Waals surface area contributed by atoms with Crippen LogP contribution < -0.4 is 20.7 Å². The van der Waals surface area contributed by atoms with Gasteiger partial charge in [0.25, 0.3) is 0 Å². The van der Waals surface area contributed by atoms with Crippen molar-refractivity contribution in [2.24, 2.45) is 16.8 Å². The molecule has 0 radical (unpaired) electrons. The predicted molar refractivity (Wildman–Crippen MR) is 133 cm³/mol. The fraction of sp³-hybridized carbons (Fsp3) is 0.400. The molecule has 0 bridgehead atoms. The number of aliphatic imine (C=N–C) groups is 1. The first-order valence-corrected chi connectivity index (χ1v) is 11.2. The molecule has 10 heteroatoms. The zero-order valence-corrected chi connectivity index (χ0v) is 20.6. The highest BCUT2D eigenvalue weighted by Crippen LogP contribution is 2.30. The Morgan fingerprint density at radius 2 is 2.03 bits per heavy atom. The zero-order chi connectivity index (χ0) is 26.0. The van der Waals surface area contributed by atoms with E-state index in [1.807, 2.05) is 19.1 Å². The first kappa shape index (κ1) is 27.8. The number of amides is 1. The van der Waals surface area contributed by atoms with Crippen molar-refractivity contribution in [2.45, 2.75) is 33.3 Å². The molecule has 0 fully saturated rings. The molecule has 1 unspecified atom stereocenters. The van der Waals surface area contributed by atoms with Gasteiger partial charge in [0.05, 0.1) is 12.8 Å². The Balaban J connectivity index is 2.18. The van der Waals surface area contributed by atoms with E-state index in [2.05, 4.69) is 35.7 Å². The van der Waals surface area contributed by atoms with E-state index in [1.165, 1.54) is 7.11 Å². The van der Waals surface area contributed by atoms with Crippen LogP contribution in [0, 0.1) is 12.8 Å². The molecule has 5 N–H and O–H groups in total. The molecule has 2 aromatic rings. The molecule has 0 spiro atoms. The van der Waals surface area contributed by atoms with Gasteiger partial charge in [-0.2, -0.15) is 5.90 Å². The number of carbonyl (C=O) groups excluding carboxylic acids is 1. The molecule has 0 aliphatic carbocycles. The van der Waals surface area contributed by atoms with Gasteiger partial charge in [0.2, 0.25) is 11.8 Å². The van der Waals surface area contributed by atoms with Gasteiger partial charge < -0.3 is 29.8 Å². The van der Waals surface area contributed by atoms with Crippen LogP contribution in [0.2, 0.25) is 0 Å². The number of aryl methyl sites for hydroxylation is 1. The number of nitrogens with zero attached hydrogens (tertiary/aromatic N) is 2. The maximum absolute atomic E-state index is 11.1. The smallest absolute Gasteiger partial charge is 0.245 e. The third kappa shape index (κ3) is 8.67. The third-order valence-corrected chi connectivity index (χ3v) is 4.82. The number of aliphatic hydroxyl groups is 2. The van der Waals surface area contributed by atoms with Gasteiger partial charge in [0.1, 0.15) is 30.8 Å². The number of aromatic nitrogens is 1. The molecular weight excluding hydrogens is 452 g/mol. The minimum atomic E-state index is -0.954. The summed E-state index contributed by atoms with van der Waals surface area (Å²) in [6.07, 6.45) is -0.143. The van der Waals surface area contributed by atoms with E-state index in [1.54, 1.807) is 18.2 Å². The average molecular weight is 487 g/mol. The lowest BCUT2D eigenvalue weighted by Gasteiger charge is -2.15. The minimum Gasteiger partial charge on any atom is -0.496 e. The zero-order valence-electron chi connectivity index (χ0n) is 20.6. The molecule has 0 saturated heterocycles. The van der Waals surface area contributed by atoms with E-state index < -0.39 is 18.6 Å². The van der Waals surface area contributed by atoms with Gasteiger partial charge >= 0.3 is 0 Å². The molecule has 1 heterocycles. The fourth-order valence-electron chi connectivity index (χ4n) is 3.26. The van der Waals surface area contributed by atoms with Gasteiger partial charge in [-0.1, -0.05) is 20.4 Å². The summed E-state index contributed by atoms with van der Waals surface area (Å²) in [7, 11) is 1.50. The molecule has 190 valence electrons. The summed E-state index contributed by atoms with van der Waals surface area (Å²) >= 11 is 0. The molecular formula is C25H34N4O6. The van der Waals surface area contributed by atoms with E-state index >= 15 is 0 Å². The van der Waals surface area contributed by atoms with Crippen molar-refractivity contribution < 1.29 is 29.3 Å². The molecule has 35 heavy (non-hydrogen) atoms. The Morgan fingerprint density at radius 3 is 2.66 bits per heavy atom. The lowest BCUT2D eigenvalue weighted by molar-refractivity contribution is -0.124. The summed E-state index contributed by atoms with van der Waals surface area (Å²) in [6.45, 7) is 9.41. The summed E-state index contributed by atoms with van der Waals surface area (Å²) < 4.78 is 11.1. The van der Waals surface area contributed by atoms with Crippen molar-refractivity contribution in [1.29, 1.82) is 0 Å². The number of aliphatic hydroxyl groups excluding tert-OH is 2. The van der Waals surface area contributed by atoms with Crippen LogP contribution in [0.15, 0.2) is 41.9 Å². The van der Waals surface area contributed by atoms with Crippen molar-refractivity contribution in [3.05, 3.63) is 59.4 Å². The van der Waals surface area contributed by atoms with E-state index in [9.17, 15) is 9.90 Å². The summed E-state index contributed by atoms with van der Waals surface area (Å²) in [6, 6.07) is 8.77. The standard InChI is InChI=1S/C25H34N4O6/c1-15(2)8-19-10-18(9-16(3)28-19)25(35-26)29-17(4)22-7-6-21(11-23(22)33-5)34-14-20(31)12-27-24(32)13-30/h6-7,9-11,15,20,30-31H,4,8,12-14,26H2,1-3,5H3,(H,27,32). The number of nitrogens with two attached hydrogens (primary N) is 1. The van der Waals surface area contributed by atoms with Crippen LogP contribution in [0.5, 0.6) is 11.5 Å². The Bertz CT molecular complexity index is 1050. The number of benzene rings is 1. The Labute approximate surface area is 205 Å². The second kappa shape index (κ2) is 13.4. The number of ether oxygens (including phenoxy) is 2. The Hall–Kier alpha value is -3.47. The van der Waals surface area contributed by atoms with Crippen molar-refractivity contribution in [2.75, 3.05) is 26.9 Å². The molecule has 2 rings (SSSR count). The monoisotopic (exact) mass is 486 g/mol. The molecule has 1 amide bonds. The van der Waals surface area contributed by atoms with Gasteiger partial charge in [-0.25, -0.2) is 4.99 Å². The first-order valence-electron chi connectivity index (χ1n) is 11.2. The van der Waals surface area contributed by atoms with Gasteiger partial charge in [-0.3, -0.25) is 9.78 Å². The van der Waals surface area contributed by atoms with Crippen molar-refractivity contribution >= 4 is 17.5 Å². The van der Waals surface area contributed by atoms with Crippen molar-refractivity contribution in [1.82, 2.24) is 10.3 Å². The first-order chi connectivity index (χ1) is 16.7. The lowest BCUT2D eigenvalue weighted by Crippen LogP contribution is -2.36. The van der Waals surface area contributed by atoms with E-state index in [-0.39, 0.29) is 19.0 Å². The molecule has 0 aliphatic rings. The molecule has 1 aromatic carbocycles. The second-order valence-corrected chi connectivity index (χ2v) is 8.36. The highest BCUT2D eigenvalue weighted by molar-refractivity contribution is 5.97. The minimum absolute atomic E-state index is 0.0463. The molecule has 0 saturated carbocycles. The highest BCUT2D eigenvalue weighted by Gasteiger charge is 2.14. The number of pyridine rings is 1. The fourth-order valence-corrected chi connectivity index (χ4v) is 3.26. The maximum atomic E-state index is 11.1. The third-order valence-electron chi connectivity index (χ3n) is 4.82.